The molecular formula is C10H6FNO3. The Morgan fingerprint density at radius 3 is 3.00 bits per heavy atom. The number of hydrogen-bond donors (Lipinski definition) is 1. The van der Waals surface area contributed by atoms with Crippen LogP contribution in [0.5, 0.6) is 5.75 Å². The van der Waals surface area contributed by atoms with Crippen molar-refractivity contribution in [1.82, 2.24) is 5.16 Å². The lowest BCUT2D eigenvalue weighted by molar-refractivity contribution is 0.112. The summed E-state index contributed by atoms with van der Waals surface area (Å²) in [5.41, 5.74) is 0.420. The number of benzene rings is 1. The van der Waals surface area contributed by atoms with Crippen molar-refractivity contribution in [2.45, 2.75) is 0 Å². The van der Waals surface area contributed by atoms with E-state index in [1.165, 1.54) is 6.07 Å². The first kappa shape index (κ1) is 9.39. The largest absolute Gasteiger partial charge is 0.507 e. The van der Waals surface area contributed by atoms with Gasteiger partial charge in [-0.25, -0.2) is 4.39 Å². The van der Waals surface area contributed by atoms with Gasteiger partial charge in [-0.3, -0.25) is 4.79 Å². The molecule has 0 radical (unpaired) electrons. The molecule has 0 atom stereocenters. The zero-order valence-electron chi connectivity index (χ0n) is 7.48. The van der Waals surface area contributed by atoms with Crippen LogP contribution in [-0.2, 0) is 0 Å². The first-order chi connectivity index (χ1) is 7.22. The fraction of sp³-hybridized carbons (Fsp3) is 0. The molecule has 0 aliphatic rings. The average molecular weight is 207 g/mol. The Morgan fingerprint density at radius 2 is 2.27 bits per heavy atom. The highest BCUT2D eigenvalue weighted by atomic mass is 19.1. The monoisotopic (exact) mass is 207 g/mol. The second-order valence-electron chi connectivity index (χ2n) is 2.90. The van der Waals surface area contributed by atoms with E-state index in [9.17, 15) is 14.3 Å². The lowest BCUT2D eigenvalue weighted by atomic mass is 10.1. The molecule has 1 aromatic carbocycles. The van der Waals surface area contributed by atoms with Crippen molar-refractivity contribution in [2.24, 2.45) is 0 Å². The SMILES string of the molecule is O=Cc1conc1-c1cc(F)ccc1O. The minimum atomic E-state index is -0.525. The summed E-state index contributed by atoms with van der Waals surface area (Å²) < 4.78 is 17.5. The van der Waals surface area contributed by atoms with Gasteiger partial charge < -0.3 is 9.63 Å². The number of phenolic OH excluding ortho intramolecular Hbond substituents is 1. The molecule has 0 saturated heterocycles. The van der Waals surface area contributed by atoms with E-state index < -0.39 is 5.82 Å². The molecule has 0 amide bonds. The number of carbonyl (C=O) groups excluding carboxylic acids is 1. The quantitative estimate of drug-likeness (QED) is 0.765. The molecule has 0 aliphatic heterocycles. The molecule has 0 unspecified atom stereocenters. The van der Waals surface area contributed by atoms with Crippen LogP contribution in [0.1, 0.15) is 10.4 Å². The number of hydrogen-bond acceptors (Lipinski definition) is 4. The lowest BCUT2D eigenvalue weighted by Gasteiger charge is -2.00. The van der Waals surface area contributed by atoms with E-state index in [1.54, 1.807) is 0 Å². The topological polar surface area (TPSA) is 63.3 Å². The standard InChI is InChI=1S/C10H6FNO3/c11-7-1-2-9(14)8(3-7)10-6(4-13)5-15-12-10/h1-5,14H. The van der Waals surface area contributed by atoms with Crippen molar-refractivity contribution >= 4 is 6.29 Å². The van der Waals surface area contributed by atoms with Crippen LogP contribution in [0.2, 0.25) is 0 Å². The fourth-order valence-corrected chi connectivity index (χ4v) is 1.23. The molecule has 2 aromatic rings. The Hall–Kier alpha value is -2.17. The molecule has 0 spiro atoms. The highest BCUT2D eigenvalue weighted by Gasteiger charge is 2.14. The van der Waals surface area contributed by atoms with E-state index in [-0.39, 0.29) is 22.6 Å². The third-order valence-electron chi connectivity index (χ3n) is 1.94. The Kier molecular flexibility index (Phi) is 2.21. The predicted molar refractivity (Wildman–Crippen MR) is 48.9 cm³/mol. The summed E-state index contributed by atoms with van der Waals surface area (Å²) in [6, 6.07) is 3.38. The Morgan fingerprint density at radius 1 is 1.47 bits per heavy atom. The number of phenols is 1. The minimum absolute atomic E-state index is 0.127. The fourth-order valence-electron chi connectivity index (χ4n) is 1.23. The molecule has 76 valence electrons. The van der Waals surface area contributed by atoms with Crippen molar-refractivity contribution in [3.63, 3.8) is 0 Å². The maximum absolute atomic E-state index is 12.9. The van der Waals surface area contributed by atoms with E-state index >= 15 is 0 Å². The van der Waals surface area contributed by atoms with Crippen LogP contribution in [0.3, 0.4) is 0 Å². The maximum Gasteiger partial charge on any atom is 0.155 e. The van der Waals surface area contributed by atoms with Gasteiger partial charge in [-0.05, 0) is 18.2 Å². The Labute approximate surface area is 83.9 Å². The summed E-state index contributed by atoms with van der Waals surface area (Å²) in [5, 5.41) is 13.0. The van der Waals surface area contributed by atoms with Gasteiger partial charge in [0.1, 0.15) is 23.5 Å². The summed E-state index contributed by atoms with van der Waals surface area (Å²) in [6.45, 7) is 0. The van der Waals surface area contributed by atoms with Crippen LogP contribution in [-0.4, -0.2) is 16.5 Å². The third-order valence-corrected chi connectivity index (χ3v) is 1.94. The molecule has 1 heterocycles. The molecule has 4 nitrogen and oxygen atoms in total. The van der Waals surface area contributed by atoms with Crippen molar-refractivity contribution in [3.05, 3.63) is 35.8 Å². The minimum Gasteiger partial charge on any atom is -0.507 e. The van der Waals surface area contributed by atoms with Gasteiger partial charge in [0.2, 0.25) is 0 Å². The summed E-state index contributed by atoms with van der Waals surface area (Å²) in [6.07, 6.45) is 1.66. The lowest BCUT2D eigenvalue weighted by Crippen LogP contribution is -1.86. The van der Waals surface area contributed by atoms with E-state index in [2.05, 4.69) is 9.68 Å². The van der Waals surface area contributed by atoms with Crippen molar-refractivity contribution in [2.75, 3.05) is 0 Å². The Bertz CT molecular complexity index is 507. The number of rotatable bonds is 2. The van der Waals surface area contributed by atoms with E-state index in [0.717, 1.165) is 18.4 Å². The maximum atomic E-state index is 12.9. The number of nitrogens with zero attached hydrogens (tertiary/aromatic N) is 1. The molecule has 0 saturated carbocycles. The smallest absolute Gasteiger partial charge is 0.155 e. The number of carbonyl (C=O) groups is 1. The predicted octanol–water partition coefficient (Wildman–Crippen LogP) is 2.00. The van der Waals surface area contributed by atoms with Gasteiger partial charge in [-0.2, -0.15) is 0 Å². The number of aromatic nitrogens is 1. The molecule has 0 aliphatic carbocycles. The van der Waals surface area contributed by atoms with Crippen LogP contribution in [0, 0.1) is 5.82 Å². The second kappa shape index (κ2) is 3.53. The highest BCUT2D eigenvalue weighted by molar-refractivity contribution is 5.86. The van der Waals surface area contributed by atoms with Gasteiger partial charge in [-0.1, -0.05) is 5.16 Å². The summed E-state index contributed by atoms with van der Waals surface area (Å²) in [5.74, 6) is -0.684. The summed E-state index contributed by atoms with van der Waals surface area (Å²) >= 11 is 0. The van der Waals surface area contributed by atoms with Crippen LogP contribution in [0.25, 0.3) is 11.3 Å². The molecule has 15 heavy (non-hydrogen) atoms. The zero-order valence-corrected chi connectivity index (χ0v) is 7.48. The van der Waals surface area contributed by atoms with Crippen LogP contribution < -0.4 is 0 Å². The van der Waals surface area contributed by atoms with Gasteiger partial charge in [0, 0.05) is 5.56 Å². The van der Waals surface area contributed by atoms with E-state index in [4.69, 9.17) is 0 Å². The highest BCUT2D eigenvalue weighted by Crippen LogP contribution is 2.30. The number of aromatic hydroxyl groups is 1. The van der Waals surface area contributed by atoms with Crippen molar-refractivity contribution in [1.29, 1.82) is 0 Å². The first-order valence-electron chi connectivity index (χ1n) is 4.11. The van der Waals surface area contributed by atoms with Gasteiger partial charge in [0.15, 0.2) is 6.29 Å². The van der Waals surface area contributed by atoms with E-state index in [0.29, 0.717) is 6.29 Å². The normalized spacial score (nSPS) is 10.2. The molecule has 1 aromatic heterocycles. The molecule has 1 N–H and O–H groups in total. The summed E-state index contributed by atoms with van der Waals surface area (Å²) in [7, 11) is 0. The van der Waals surface area contributed by atoms with Crippen LogP contribution >= 0.6 is 0 Å². The number of halogens is 1. The van der Waals surface area contributed by atoms with Gasteiger partial charge in [0.05, 0.1) is 5.56 Å². The average Bonchev–Trinajstić information content (AvgIpc) is 2.69. The first-order valence-corrected chi connectivity index (χ1v) is 4.11. The molecule has 2 rings (SSSR count). The summed E-state index contributed by atoms with van der Waals surface area (Å²) in [4.78, 5) is 10.6. The van der Waals surface area contributed by atoms with Gasteiger partial charge >= 0.3 is 0 Å². The Balaban J connectivity index is 2.62. The third kappa shape index (κ3) is 1.59. The van der Waals surface area contributed by atoms with Crippen molar-refractivity contribution < 1.29 is 18.8 Å². The van der Waals surface area contributed by atoms with Crippen LogP contribution in [0.15, 0.2) is 29.0 Å². The van der Waals surface area contributed by atoms with Crippen LogP contribution in [0.4, 0.5) is 4.39 Å². The van der Waals surface area contributed by atoms with Gasteiger partial charge in [0.25, 0.3) is 0 Å². The number of aldehydes is 1. The van der Waals surface area contributed by atoms with Crippen molar-refractivity contribution in [3.8, 4) is 17.0 Å². The molecular weight excluding hydrogens is 201 g/mol. The second-order valence-corrected chi connectivity index (χ2v) is 2.90. The van der Waals surface area contributed by atoms with E-state index in [1.807, 2.05) is 0 Å². The molecule has 5 heteroatoms. The van der Waals surface area contributed by atoms with Gasteiger partial charge in [-0.15, -0.1) is 0 Å². The molecule has 0 fully saturated rings. The molecule has 0 bridgehead atoms. The zero-order chi connectivity index (χ0) is 10.8.